The number of thioether (sulfide) groups is 1. The van der Waals surface area contributed by atoms with Crippen LogP contribution in [0.3, 0.4) is 0 Å². The van der Waals surface area contributed by atoms with Crippen molar-refractivity contribution in [1.82, 2.24) is 9.78 Å². The van der Waals surface area contributed by atoms with Crippen LogP contribution in [0.15, 0.2) is 24.3 Å². The summed E-state index contributed by atoms with van der Waals surface area (Å²) in [5.41, 5.74) is 7.90. The van der Waals surface area contributed by atoms with E-state index in [1.165, 1.54) is 16.6 Å². The number of nitrogens with zero attached hydrogens (tertiary/aromatic N) is 2. The average molecular weight is 235 g/mol. The van der Waals surface area contributed by atoms with E-state index >= 15 is 0 Å². The van der Waals surface area contributed by atoms with E-state index in [-0.39, 0.29) is 0 Å². The molecule has 0 fully saturated rings. The van der Waals surface area contributed by atoms with Crippen LogP contribution in [0.1, 0.15) is 12.6 Å². The van der Waals surface area contributed by atoms with Gasteiger partial charge in [0.05, 0.1) is 11.2 Å². The maximum Gasteiger partial charge on any atom is 0.0802 e. The smallest absolute Gasteiger partial charge is 0.0802 e. The average Bonchev–Trinajstić information content (AvgIpc) is 2.68. The zero-order chi connectivity index (χ0) is 11.4. The van der Waals surface area contributed by atoms with Gasteiger partial charge < -0.3 is 5.73 Å². The highest BCUT2D eigenvalue weighted by Crippen LogP contribution is 2.22. The molecule has 1 heterocycles. The Kier molecular flexibility index (Phi) is 3.85. The first-order valence-electron chi connectivity index (χ1n) is 5.59. The van der Waals surface area contributed by atoms with Crippen molar-refractivity contribution in [3.63, 3.8) is 0 Å². The molecule has 0 atom stereocenters. The molecule has 0 spiro atoms. The molecule has 0 saturated heterocycles. The van der Waals surface area contributed by atoms with Gasteiger partial charge >= 0.3 is 0 Å². The molecule has 2 N–H and O–H groups in total. The van der Waals surface area contributed by atoms with Gasteiger partial charge in [-0.1, -0.05) is 18.2 Å². The molecule has 1 aromatic heterocycles. The van der Waals surface area contributed by atoms with Gasteiger partial charge in [0.2, 0.25) is 0 Å². The fraction of sp³-hybridized carbons (Fsp3) is 0.417. The van der Waals surface area contributed by atoms with Crippen LogP contribution in [-0.4, -0.2) is 22.1 Å². The normalized spacial score (nSPS) is 11.1. The van der Waals surface area contributed by atoms with Crippen molar-refractivity contribution in [3.8, 4) is 0 Å². The molecule has 0 aliphatic heterocycles. The van der Waals surface area contributed by atoms with E-state index in [1.54, 1.807) is 0 Å². The summed E-state index contributed by atoms with van der Waals surface area (Å²) in [6.45, 7) is 3.77. The minimum Gasteiger partial charge on any atom is -0.330 e. The van der Waals surface area contributed by atoms with E-state index in [1.807, 2.05) is 11.8 Å². The number of fused-ring (bicyclic) bond motifs is 1. The van der Waals surface area contributed by atoms with Crippen molar-refractivity contribution in [2.45, 2.75) is 19.2 Å². The van der Waals surface area contributed by atoms with Gasteiger partial charge in [0, 0.05) is 30.0 Å². The highest BCUT2D eigenvalue weighted by molar-refractivity contribution is 7.98. The Balaban J connectivity index is 2.30. The van der Waals surface area contributed by atoms with Gasteiger partial charge in [0.15, 0.2) is 0 Å². The van der Waals surface area contributed by atoms with Gasteiger partial charge in [-0.15, -0.1) is 0 Å². The minimum absolute atomic E-state index is 0.733. The van der Waals surface area contributed by atoms with Crippen molar-refractivity contribution < 1.29 is 0 Å². The topological polar surface area (TPSA) is 43.8 Å². The summed E-state index contributed by atoms with van der Waals surface area (Å²) in [7, 11) is 0. The van der Waals surface area contributed by atoms with Gasteiger partial charge in [0.1, 0.15) is 0 Å². The van der Waals surface area contributed by atoms with Crippen LogP contribution in [0, 0.1) is 0 Å². The monoisotopic (exact) mass is 235 g/mol. The van der Waals surface area contributed by atoms with Gasteiger partial charge in [-0.2, -0.15) is 16.9 Å². The Morgan fingerprint density at radius 1 is 1.38 bits per heavy atom. The van der Waals surface area contributed by atoms with Crippen LogP contribution in [0.25, 0.3) is 10.9 Å². The van der Waals surface area contributed by atoms with E-state index in [0.29, 0.717) is 0 Å². The maximum absolute atomic E-state index is 5.49. The van der Waals surface area contributed by atoms with Gasteiger partial charge in [0.25, 0.3) is 0 Å². The Hall–Kier alpha value is -1.00. The first-order chi connectivity index (χ1) is 7.86. The fourth-order valence-electron chi connectivity index (χ4n) is 1.80. The molecule has 0 aliphatic carbocycles. The molecule has 0 amide bonds. The molecule has 0 aliphatic rings. The lowest BCUT2D eigenvalue weighted by atomic mass is 10.2. The highest BCUT2D eigenvalue weighted by atomic mass is 32.2. The van der Waals surface area contributed by atoms with Crippen LogP contribution in [0.4, 0.5) is 0 Å². The second-order valence-corrected chi connectivity index (χ2v) is 4.73. The van der Waals surface area contributed by atoms with Crippen LogP contribution >= 0.6 is 11.8 Å². The SMILES string of the molecule is CCn1nc(CSCCN)c2ccccc21. The second-order valence-electron chi connectivity index (χ2n) is 3.62. The summed E-state index contributed by atoms with van der Waals surface area (Å²) < 4.78 is 2.06. The number of hydrogen-bond acceptors (Lipinski definition) is 3. The number of aromatic nitrogens is 2. The standard InChI is InChI=1S/C12H17N3S/c1-2-15-12-6-4-3-5-10(12)11(14-15)9-16-8-7-13/h3-6H,2,7-9,13H2,1H3. The third kappa shape index (κ3) is 2.23. The van der Waals surface area contributed by atoms with Crippen molar-refractivity contribution in [3.05, 3.63) is 30.0 Å². The third-order valence-corrected chi connectivity index (χ3v) is 3.54. The van der Waals surface area contributed by atoms with Crippen LogP contribution in [-0.2, 0) is 12.3 Å². The Labute approximate surface area is 100 Å². The molecular formula is C12H17N3S. The largest absolute Gasteiger partial charge is 0.330 e. The predicted octanol–water partition coefficient (Wildman–Crippen LogP) is 2.25. The van der Waals surface area contributed by atoms with Gasteiger partial charge in [-0.3, -0.25) is 4.68 Å². The minimum atomic E-state index is 0.733. The van der Waals surface area contributed by atoms with Crippen LogP contribution in [0.5, 0.6) is 0 Å². The Morgan fingerprint density at radius 2 is 2.19 bits per heavy atom. The lowest BCUT2D eigenvalue weighted by molar-refractivity contribution is 0.675. The maximum atomic E-state index is 5.49. The van der Waals surface area contributed by atoms with E-state index in [4.69, 9.17) is 5.73 Å². The van der Waals surface area contributed by atoms with E-state index in [9.17, 15) is 0 Å². The Bertz CT molecular complexity index is 464. The summed E-state index contributed by atoms with van der Waals surface area (Å²) in [4.78, 5) is 0. The third-order valence-electron chi connectivity index (χ3n) is 2.53. The molecule has 0 unspecified atom stereocenters. The summed E-state index contributed by atoms with van der Waals surface area (Å²) in [5.74, 6) is 1.94. The van der Waals surface area contributed by atoms with Crippen LogP contribution < -0.4 is 5.73 Å². The van der Waals surface area contributed by atoms with Crippen molar-refractivity contribution >= 4 is 22.7 Å². The molecular weight excluding hydrogens is 218 g/mol. The number of hydrogen-bond donors (Lipinski definition) is 1. The van der Waals surface area contributed by atoms with Crippen molar-refractivity contribution in [2.24, 2.45) is 5.73 Å². The first kappa shape index (κ1) is 11.5. The molecule has 86 valence electrons. The number of para-hydroxylation sites is 1. The molecule has 0 bridgehead atoms. The lowest BCUT2D eigenvalue weighted by Crippen LogP contribution is -2.02. The molecule has 1 aromatic carbocycles. The predicted molar refractivity (Wildman–Crippen MR) is 70.6 cm³/mol. The second kappa shape index (κ2) is 5.37. The molecule has 2 rings (SSSR count). The molecule has 0 saturated carbocycles. The first-order valence-corrected chi connectivity index (χ1v) is 6.74. The summed E-state index contributed by atoms with van der Waals surface area (Å²) in [6.07, 6.45) is 0. The van der Waals surface area contributed by atoms with Crippen molar-refractivity contribution in [2.75, 3.05) is 12.3 Å². The molecule has 0 radical (unpaired) electrons. The number of aryl methyl sites for hydroxylation is 1. The fourth-order valence-corrected chi connectivity index (χ4v) is 2.51. The molecule has 2 aromatic rings. The molecule has 16 heavy (non-hydrogen) atoms. The van der Waals surface area contributed by atoms with Gasteiger partial charge in [-0.25, -0.2) is 0 Å². The van der Waals surface area contributed by atoms with E-state index in [2.05, 4.69) is 41.0 Å². The quantitative estimate of drug-likeness (QED) is 0.808. The Morgan fingerprint density at radius 3 is 2.94 bits per heavy atom. The van der Waals surface area contributed by atoms with E-state index < -0.39 is 0 Å². The summed E-state index contributed by atoms with van der Waals surface area (Å²) >= 11 is 1.84. The van der Waals surface area contributed by atoms with Crippen LogP contribution in [0.2, 0.25) is 0 Å². The number of nitrogens with two attached hydrogens (primary N) is 1. The number of rotatable bonds is 5. The highest BCUT2D eigenvalue weighted by Gasteiger charge is 2.08. The zero-order valence-electron chi connectivity index (χ0n) is 9.52. The summed E-state index contributed by atoms with van der Waals surface area (Å²) in [5, 5.41) is 5.91. The van der Waals surface area contributed by atoms with Crippen molar-refractivity contribution in [1.29, 1.82) is 0 Å². The van der Waals surface area contributed by atoms with E-state index in [0.717, 1.165) is 24.6 Å². The molecule has 3 nitrogen and oxygen atoms in total. The number of benzene rings is 1. The van der Waals surface area contributed by atoms with Gasteiger partial charge in [-0.05, 0) is 13.0 Å². The zero-order valence-corrected chi connectivity index (χ0v) is 10.3. The lowest BCUT2D eigenvalue weighted by Gasteiger charge is -1.96. The summed E-state index contributed by atoms with van der Waals surface area (Å²) in [6, 6.07) is 8.41. The molecule has 4 heteroatoms.